The maximum Gasteiger partial charge on any atom is 0.243 e. The van der Waals surface area contributed by atoms with E-state index in [-0.39, 0.29) is 35.2 Å². The van der Waals surface area contributed by atoms with Crippen LogP contribution in [0.1, 0.15) is 45.1 Å². The first-order valence-electron chi connectivity index (χ1n) is 10.5. The van der Waals surface area contributed by atoms with Crippen LogP contribution in [0.4, 0.5) is 5.69 Å². The molecule has 29 heavy (non-hydrogen) atoms. The van der Waals surface area contributed by atoms with Crippen molar-refractivity contribution in [3.05, 3.63) is 23.8 Å². The Morgan fingerprint density at radius 1 is 1.07 bits per heavy atom. The number of nitrogens with zero attached hydrogens (tertiary/aromatic N) is 3. The van der Waals surface area contributed by atoms with Gasteiger partial charge in [-0.05, 0) is 62.8 Å². The summed E-state index contributed by atoms with van der Waals surface area (Å²) in [6.45, 7) is 5.77. The summed E-state index contributed by atoms with van der Waals surface area (Å²) in [5.74, 6) is -0.187. The minimum Gasteiger partial charge on any atom is -0.342 e. The van der Waals surface area contributed by atoms with Gasteiger partial charge in [-0.3, -0.25) is 9.59 Å². The molecule has 2 saturated heterocycles. The van der Waals surface area contributed by atoms with E-state index < -0.39 is 10.0 Å². The Bertz CT molecular complexity index is 924. The van der Waals surface area contributed by atoms with Crippen LogP contribution in [0.5, 0.6) is 0 Å². The highest BCUT2D eigenvalue weighted by Crippen LogP contribution is 2.35. The van der Waals surface area contributed by atoms with E-state index in [0.29, 0.717) is 19.4 Å². The Morgan fingerprint density at radius 2 is 1.79 bits per heavy atom. The van der Waals surface area contributed by atoms with E-state index in [1.54, 1.807) is 23.1 Å². The summed E-state index contributed by atoms with van der Waals surface area (Å²) in [7, 11) is -3.67. The molecule has 0 spiro atoms. The van der Waals surface area contributed by atoms with Gasteiger partial charge in [-0.25, -0.2) is 8.42 Å². The SMILES string of the molecule is CC(=O)N1c2ccc(S(=O)(=O)N3CCC[C@@H](C(=O)N4CCCC4)C3)cc2C[C@@H]1C. The maximum atomic E-state index is 13.3. The quantitative estimate of drug-likeness (QED) is 0.751. The zero-order valence-corrected chi connectivity index (χ0v) is 18.0. The lowest BCUT2D eigenvalue weighted by atomic mass is 9.98. The van der Waals surface area contributed by atoms with E-state index >= 15 is 0 Å². The lowest BCUT2D eigenvalue weighted by Crippen LogP contribution is -2.46. The van der Waals surface area contributed by atoms with Crippen molar-refractivity contribution in [1.29, 1.82) is 0 Å². The van der Waals surface area contributed by atoms with Gasteiger partial charge in [0.1, 0.15) is 0 Å². The first-order chi connectivity index (χ1) is 13.8. The number of hydrogen-bond donors (Lipinski definition) is 0. The molecule has 3 aliphatic rings. The smallest absolute Gasteiger partial charge is 0.243 e. The topological polar surface area (TPSA) is 78.0 Å². The van der Waals surface area contributed by atoms with Gasteiger partial charge >= 0.3 is 0 Å². The monoisotopic (exact) mass is 419 g/mol. The van der Waals surface area contributed by atoms with Gasteiger partial charge in [0.25, 0.3) is 0 Å². The van der Waals surface area contributed by atoms with Gasteiger partial charge in [0.2, 0.25) is 21.8 Å². The number of rotatable bonds is 3. The van der Waals surface area contributed by atoms with Crippen LogP contribution in [-0.2, 0) is 26.0 Å². The van der Waals surface area contributed by atoms with Gasteiger partial charge in [0, 0.05) is 44.8 Å². The number of piperidine rings is 1. The number of hydrogen-bond acceptors (Lipinski definition) is 4. The number of amides is 2. The minimum absolute atomic E-state index is 0.0258. The molecule has 0 radical (unpaired) electrons. The van der Waals surface area contributed by atoms with Crippen molar-refractivity contribution in [1.82, 2.24) is 9.21 Å². The van der Waals surface area contributed by atoms with Crippen molar-refractivity contribution in [2.75, 3.05) is 31.1 Å². The van der Waals surface area contributed by atoms with Crippen molar-refractivity contribution >= 4 is 27.5 Å². The number of sulfonamides is 1. The largest absolute Gasteiger partial charge is 0.342 e. The molecule has 3 aliphatic heterocycles. The Labute approximate surface area is 172 Å². The summed E-state index contributed by atoms with van der Waals surface area (Å²) in [4.78, 5) is 28.5. The van der Waals surface area contributed by atoms with Crippen molar-refractivity contribution < 1.29 is 18.0 Å². The molecule has 4 rings (SSSR count). The van der Waals surface area contributed by atoms with Crippen molar-refractivity contribution in [2.45, 2.75) is 56.9 Å². The number of benzene rings is 1. The highest BCUT2D eigenvalue weighted by molar-refractivity contribution is 7.89. The molecule has 158 valence electrons. The summed E-state index contributed by atoms with van der Waals surface area (Å²) < 4.78 is 28.1. The number of fused-ring (bicyclic) bond motifs is 1. The first kappa shape index (κ1) is 20.3. The van der Waals surface area contributed by atoms with Gasteiger partial charge in [-0.2, -0.15) is 4.31 Å². The third-order valence-corrected chi connectivity index (χ3v) is 8.26. The molecule has 7 nitrogen and oxygen atoms in total. The normalized spacial score (nSPS) is 25.3. The molecule has 2 atom stereocenters. The fourth-order valence-electron chi connectivity index (χ4n) is 4.95. The van der Waals surface area contributed by atoms with Gasteiger partial charge in [-0.15, -0.1) is 0 Å². The van der Waals surface area contributed by atoms with Crippen molar-refractivity contribution in [3.8, 4) is 0 Å². The highest BCUT2D eigenvalue weighted by Gasteiger charge is 2.37. The van der Waals surface area contributed by atoms with Crippen LogP contribution in [0.15, 0.2) is 23.1 Å². The molecule has 8 heteroatoms. The van der Waals surface area contributed by atoms with Crippen LogP contribution in [0.3, 0.4) is 0 Å². The number of carbonyl (C=O) groups is 2. The van der Waals surface area contributed by atoms with Gasteiger partial charge in [0.05, 0.1) is 10.8 Å². The Balaban J connectivity index is 1.55. The predicted molar refractivity (Wildman–Crippen MR) is 110 cm³/mol. The molecule has 0 aliphatic carbocycles. The molecule has 1 aromatic rings. The summed E-state index contributed by atoms with van der Waals surface area (Å²) in [6.07, 6.45) is 4.16. The molecule has 1 aromatic carbocycles. The van der Waals surface area contributed by atoms with E-state index in [4.69, 9.17) is 0 Å². The maximum absolute atomic E-state index is 13.3. The predicted octanol–water partition coefficient (Wildman–Crippen LogP) is 2.01. The molecule has 0 unspecified atom stereocenters. The van der Waals surface area contributed by atoms with Crippen LogP contribution >= 0.6 is 0 Å². The summed E-state index contributed by atoms with van der Waals surface area (Å²) in [5.41, 5.74) is 1.68. The van der Waals surface area contributed by atoms with Crippen LogP contribution in [0, 0.1) is 5.92 Å². The average Bonchev–Trinajstić information content (AvgIpc) is 3.33. The van der Waals surface area contributed by atoms with Crippen molar-refractivity contribution in [3.63, 3.8) is 0 Å². The Kier molecular flexibility index (Phi) is 5.42. The average molecular weight is 420 g/mol. The minimum atomic E-state index is -3.67. The molecule has 0 saturated carbocycles. The molecular weight excluding hydrogens is 390 g/mol. The first-order valence-corrected chi connectivity index (χ1v) is 11.9. The molecule has 3 heterocycles. The van der Waals surface area contributed by atoms with Gasteiger partial charge in [-0.1, -0.05) is 0 Å². The molecule has 0 aromatic heterocycles. The zero-order chi connectivity index (χ0) is 20.8. The van der Waals surface area contributed by atoms with Crippen LogP contribution < -0.4 is 4.90 Å². The lowest BCUT2D eigenvalue weighted by molar-refractivity contribution is -0.135. The molecule has 2 fully saturated rings. The third kappa shape index (κ3) is 3.68. The van der Waals surface area contributed by atoms with E-state index in [2.05, 4.69) is 0 Å². The number of carbonyl (C=O) groups excluding carboxylic acids is 2. The molecular formula is C21H29N3O4S. The fraction of sp³-hybridized carbons (Fsp3) is 0.619. The molecule has 2 amide bonds. The van der Waals surface area contributed by atoms with E-state index in [1.807, 2.05) is 11.8 Å². The van der Waals surface area contributed by atoms with Gasteiger partial charge < -0.3 is 9.80 Å². The number of likely N-dealkylation sites (tertiary alicyclic amines) is 1. The summed E-state index contributed by atoms with van der Waals surface area (Å²) in [6, 6.07) is 5.06. The lowest BCUT2D eigenvalue weighted by Gasteiger charge is -2.33. The summed E-state index contributed by atoms with van der Waals surface area (Å²) >= 11 is 0. The molecule has 0 N–H and O–H groups in total. The van der Waals surface area contributed by atoms with Gasteiger partial charge in [0.15, 0.2) is 0 Å². The van der Waals surface area contributed by atoms with Crippen LogP contribution in [0.25, 0.3) is 0 Å². The Morgan fingerprint density at radius 3 is 2.48 bits per heavy atom. The summed E-state index contributed by atoms with van der Waals surface area (Å²) in [5, 5.41) is 0. The third-order valence-electron chi connectivity index (χ3n) is 6.39. The number of anilines is 1. The second kappa shape index (κ2) is 7.72. The van der Waals surface area contributed by atoms with E-state index in [0.717, 1.165) is 43.6 Å². The standard InChI is InChI=1S/C21H29N3O4S/c1-15-12-18-13-19(7-8-20(18)24(15)16(2)25)29(27,28)23-11-5-6-17(14-23)21(26)22-9-3-4-10-22/h7-8,13,15,17H,3-6,9-12,14H2,1-2H3/t15-,17+/m0/s1. The van der Waals surface area contributed by atoms with Crippen LogP contribution in [0.2, 0.25) is 0 Å². The highest BCUT2D eigenvalue weighted by atomic mass is 32.2. The van der Waals surface area contributed by atoms with E-state index in [9.17, 15) is 18.0 Å². The molecule has 0 bridgehead atoms. The van der Waals surface area contributed by atoms with E-state index in [1.165, 1.54) is 11.2 Å². The van der Waals surface area contributed by atoms with Crippen molar-refractivity contribution in [2.24, 2.45) is 5.92 Å². The second-order valence-electron chi connectivity index (χ2n) is 8.47. The fourth-order valence-corrected chi connectivity index (χ4v) is 6.53. The zero-order valence-electron chi connectivity index (χ0n) is 17.1. The Hall–Kier alpha value is -1.93. The van der Waals surface area contributed by atoms with Crippen LogP contribution in [-0.4, -0.2) is 61.7 Å². The second-order valence-corrected chi connectivity index (χ2v) is 10.4.